The van der Waals surface area contributed by atoms with Crippen molar-refractivity contribution in [3.63, 3.8) is 0 Å². The van der Waals surface area contributed by atoms with E-state index in [0.717, 1.165) is 19.5 Å². The van der Waals surface area contributed by atoms with Crippen LogP contribution in [0.1, 0.15) is 40.0 Å². The third-order valence-electron chi connectivity index (χ3n) is 4.43. The van der Waals surface area contributed by atoms with Crippen LogP contribution in [0.4, 0.5) is 0 Å². The zero-order chi connectivity index (χ0) is 16.0. The van der Waals surface area contributed by atoms with Gasteiger partial charge in [0.05, 0.1) is 7.11 Å². The first-order valence-electron chi connectivity index (χ1n) is 8.03. The van der Waals surface area contributed by atoms with Crippen molar-refractivity contribution in [1.82, 2.24) is 15.1 Å². The van der Waals surface area contributed by atoms with Crippen molar-refractivity contribution in [3.05, 3.63) is 0 Å². The summed E-state index contributed by atoms with van der Waals surface area (Å²) < 4.78 is 4.98. The molecule has 0 amide bonds. The Kier molecular flexibility index (Phi) is 7.10. The van der Waals surface area contributed by atoms with Crippen LogP contribution in [0.5, 0.6) is 0 Å². The van der Waals surface area contributed by atoms with Crippen molar-refractivity contribution in [1.29, 1.82) is 0 Å². The Morgan fingerprint density at radius 2 is 2.19 bits per heavy atom. The summed E-state index contributed by atoms with van der Waals surface area (Å²) >= 11 is 0. The molecule has 0 radical (unpaired) electrons. The van der Waals surface area contributed by atoms with E-state index < -0.39 is 5.54 Å². The predicted molar refractivity (Wildman–Crippen MR) is 86.5 cm³/mol. The van der Waals surface area contributed by atoms with Crippen LogP contribution in [-0.4, -0.2) is 74.2 Å². The number of likely N-dealkylation sites (tertiary alicyclic amines) is 1. The van der Waals surface area contributed by atoms with E-state index in [4.69, 9.17) is 4.74 Å². The fraction of sp³-hybridized carbons (Fsp3) is 0.938. The highest BCUT2D eigenvalue weighted by Gasteiger charge is 2.35. The summed E-state index contributed by atoms with van der Waals surface area (Å²) in [6.45, 7) is 9.26. The van der Waals surface area contributed by atoms with Gasteiger partial charge in [0.25, 0.3) is 0 Å². The first-order valence-corrected chi connectivity index (χ1v) is 8.03. The number of likely N-dealkylation sites (N-methyl/N-ethyl adjacent to an activating group) is 2. The average Bonchev–Trinajstić information content (AvgIpc) is 2.43. The van der Waals surface area contributed by atoms with Crippen LogP contribution >= 0.6 is 0 Å². The van der Waals surface area contributed by atoms with E-state index in [1.807, 2.05) is 6.92 Å². The molecule has 1 aliphatic heterocycles. The van der Waals surface area contributed by atoms with Crippen LogP contribution in [-0.2, 0) is 9.53 Å². The Bertz CT molecular complexity index is 335. The summed E-state index contributed by atoms with van der Waals surface area (Å²) in [5.74, 6) is -0.176. The van der Waals surface area contributed by atoms with Crippen molar-refractivity contribution in [2.24, 2.45) is 0 Å². The maximum absolute atomic E-state index is 12.1. The van der Waals surface area contributed by atoms with E-state index in [2.05, 4.69) is 43.1 Å². The lowest BCUT2D eigenvalue weighted by atomic mass is 9.95. The van der Waals surface area contributed by atoms with E-state index in [1.54, 1.807) is 0 Å². The van der Waals surface area contributed by atoms with Crippen molar-refractivity contribution in [2.45, 2.75) is 57.7 Å². The van der Waals surface area contributed by atoms with Gasteiger partial charge in [-0.3, -0.25) is 10.1 Å². The van der Waals surface area contributed by atoms with Gasteiger partial charge in [0, 0.05) is 25.2 Å². The molecule has 21 heavy (non-hydrogen) atoms. The first-order chi connectivity index (χ1) is 9.78. The second-order valence-corrected chi connectivity index (χ2v) is 6.91. The summed E-state index contributed by atoms with van der Waals surface area (Å²) in [5.41, 5.74) is -0.613. The molecule has 1 heterocycles. The number of carbonyl (C=O) groups is 1. The SMILES string of the molecule is COC(=O)C(C)(CCN(C)C1CCCN(C)C1)NC(C)C. The molecule has 1 rings (SSSR count). The van der Waals surface area contributed by atoms with Gasteiger partial charge in [-0.25, -0.2) is 0 Å². The third kappa shape index (κ3) is 5.57. The van der Waals surface area contributed by atoms with Gasteiger partial charge >= 0.3 is 5.97 Å². The Hall–Kier alpha value is -0.650. The summed E-state index contributed by atoms with van der Waals surface area (Å²) in [6.07, 6.45) is 3.26. The molecule has 0 bridgehead atoms. The fourth-order valence-corrected chi connectivity index (χ4v) is 3.18. The molecule has 0 saturated carbocycles. The molecule has 2 unspecified atom stereocenters. The summed E-state index contributed by atoms with van der Waals surface area (Å²) in [7, 11) is 5.80. The summed E-state index contributed by atoms with van der Waals surface area (Å²) in [6, 6.07) is 0.838. The largest absolute Gasteiger partial charge is 0.468 e. The Labute approximate surface area is 130 Å². The van der Waals surface area contributed by atoms with Gasteiger partial charge < -0.3 is 14.5 Å². The standard InChI is InChI=1S/C16H33N3O2/c1-13(2)17-16(3,15(20)21-6)9-11-19(5)14-8-7-10-18(4)12-14/h13-14,17H,7-12H2,1-6H3. The van der Waals surface area contributed by atoms with Crippen LogP contribution in [0.2, 0.25) is 0 Å². The highest BCUT2D eigenvalue weighted by molar-refractivity contribution is 5.80. The number of hydrogen-bond donors (Lipinski definition) is 1. The molecule has 2 atom stereocenters. The number of nitrogens with zero attached hydrogens (tertiary/aromatic N) is 2. The zero-order valence-electron chi connectivity index (χ0n) is 14.6. The lowest BCUT2D eigenvalue weighted by molar-refractivity contribution is -0.148. The molecule has 1 saturated heterocycles. The molecular formula is C16H33N3O2. The van der Waals surface area contributed by atoms with Crippen molar-refractivity contribution in [2.75, 3.05) is 40.8 Å². The molecule has 124 valence electrons. The predicted octanol–water partition coefficient (Wildman–Crippen LogP) is 1.33. The number of esters is 1. The topological polar surface area (TPSA) is 44.8 Å². The lowest BCUT2D eigenvalue weighted by Crippen LogP contribution is -2.55. The van der Waals surface area contributed by atoms with E-state index >= 15 is 0 Å². The van der Waals surface area contributed by atoms with Crippen LogP contribution < -0.4 is 5.32 Å². The lowest BCUT2D eigenvalue weighted by Gasteiger charge is -2.38. The number of piperidine rings is 1. The number of hydrogen-bond acceptors (Lipinski definition) is 5. The number of nitrogens with one attached hydrogen (secondary N) is 1. The Balaban J connectivity index is 2.57. The first kappa shape index (κ1) is 18.4. The number of carbonyl (C=O) groups excluding carboxylic acids is 1. The van der Waals surface area contributed by atoms with Crippen LogP contribution in [0.15, 0.2) is 0 Å². The second kappa shape index (κ2) is 8.11. The quantitative estimate of drug-likeness (QED) is 0.719. The van der Waals surface area contributed by atoms with Gasteiger partial charge in [0.1, 0.15) is 5.54 Å². The van der Waals surface area contributed by atoms with Gasteiger partial charge in [-0.15, -0.1) is 0 Å². The van der Waals surface area contributed by atoms with Crippen molar-refractivity contribution < 1.29 is 9.53 Å². The highest BCUT2D eigenvalue weighted by Crippen LogP contribution is 2.18. The Morgan fingerprint density at radius 3 is 2.71 bits per heavy atom. The Morgan fingerprint density at radius 1 is 1.52 bits per heavy atom. The fourth-order valence-electron chi connectivity index (χ4n) is 3.18. The smallest absolute Gasteiger partial charge is 0.325 e. The van der Waals surface area contributed by atoms with Crippen LogP contribution in [0, 0.1) is 0 Å². The van der Waals surface area contributed by atoms with Gasteiger partial charge in [-0.2, -0.15) is 0 Å². The zero-order valence-corrected chi connectivity index (χ0v) is 14.6. The molecule has 1 aliphatic rings. The van der Waals surface area contributed by atoms with Crippen molar-refractivity contribution in [3.8, 4) is 0 Å². The second-order valence-electron chi connectivity index (χ2n) is 6.91. The minimum Gasteiger partial charge on any atom is -0.468 e. The normalized spacial score (nSPS) is 23.3. The van der Waals surface area contributed by atoms with Crippen LogP contribution in [0.3, 0.4) is 0 Å². The minimum atomic E-state index is -0.613. The molecule has 0 aromatic carbocycles. The number of rotatable bonds is 7. The van der Waals surface area contributed by atoms with Gasteiger partial charge in [0.15, 0.2) is 0 Å². The number of ether oxygens (including phenoxy) is 1. The molecule has 0 spiro atoms. The maximum atomic E-state index is 12.1. The molecular weight excluding hydrogens is 266 g/mol. The molecule has 1 N–H and O–H groups in total. The van der Waals surface area contributed by atoms with Gasteiger partial charge in [-0.1, -0.05) is 0 Å². The molecule has 5 nitrogen and oxygen atoms in total. The maximum Gasteiger partial charge on any atom is 0.325 e. The molecule has 1 fully saturated rings. The van der Waals surface area contributed by atoms with E-state index in [0.29, 0.717) is 6.04 Å². The van der Waals surface area contributed by atoms with E-state index in [9.17, 15) is 4.79 Å². The van der Waals surface area contributed by atoms with E-state index in [1.165, 1.54) is 26.5 Å². The highest BCUT2D eigenvalue weighted by atomic mass is 16.5. The summed E-state index contributed by atoms with van der Waals surface area (Å²) in [5, 5.41) is 3.36. The average molecular weight is 299 g/mol. The molecule has 0 aliphatic carbocycles. The van der Waals surface area contributed by atoms with Gasteiger partial charge in [-0.05, 0) is 60.7 Å². The third-order valence-corrected chi connectivity index (χ3v) is 4.43. The number of methoxy groups -OCH3 is 1. The monoisotopic (exact) mass is 299 g/mol. The van der Waals surface area contributed by atoms with E-state index in [-0.39, 0.29) is 12.0 Å². The molecule has 5 heteroatoms. The molecule has 0 aromatic rings. The van der Waals surface area contributed by atoms with Crippen molar-refractivity contribution >= 4 is 5.97 Å². The summed E-state index contributed by atoms with van der Waals surface area (Å²) in [4.78, 5) is 16.9. The van der Waals surface area contributed by atoms with Gasteiger partial charge in [0.2, 0.25) is 0 Å². The minimum absolute atomic E-state index is 0.176. The van der Waals surface area contributed by atoms with Crippen LogP contribution in [0.25, 0.3) is 0 Å². The molecule has 0 aromatic heterocycles.